The molecular formula is C21H39N5O2S. The Hall–Kier alpha value is -1.22. The molecule has 0 spiro atoms. The third kappa shape index (κ3) is 8.20. The minimum Gasteiger partial charge on any atom is -0.354 e. The number of nitrogens with zero attached hydrogens (tertiary/aromatic N) is 4. The Labute approximate surface area is 177 Å². The summed E-state index contributed by atoms with van der Waals surface area (Å²) in [5, 5.41) is 0. The molecule has 1 aliphatic heterocycles. The Bertz CT molecular complexity index is 704. The van der Waals surface area contributed by atoms with Crippen LogP contribution in [0.15, 0.2) is 18.3 Å². The first kappa shape index (κ1) is 24.1. The van der Waals surface area contributed by atoms with Crippen molar-refractivity contribution < 1.29 is 8.42 Å². The molecular weight excluding hydrogens is 386 g/mol. The standard InChI is InChI=1S/C21H39N5O2S/c1-18(2)7-10-26(11-8-19(3)4)29(27,28)23-17-20-6-9-22-21(16-20)25-14-12-24(5)13-15-25/h6,9,16,18-19,23H,7-8,10-15,17H2,1-5H3. The minimum absolute atomic E-state index is 0.283. The molecule has 1 aromatic rings. The summed E-state index contributed by atoms with van der Waals surface area (Å²) in [7, 11) is -1.39. The molecule has 0 radical (unpaired) electrons. The van der Waals surface area contributed by atoms with Gasteiger partial charge in [-0.2, -0.15) is 17.4 Å². The van der Waals surface area contributed by atoms with Crippen LogP contribution in [0.5, 0.6) is 0 Å². The summed E-state index contributed by atoms with van der Waals surface area (Å²) < 4.78 is 30.3. The van der Waals surface area contributed by atoms with Gasteiger partial charge in [-0.15, -0.1) is 0 Å². The fourth-order valence-electron chi connectivity index (χ4n) is 3.20. The molecule has 29 heavy (non-hydrogen) atoms. The van der Waals surface area contributed by atoms with Crippen molar-refractivity contribution in [3.05, 3.63) is 23.9 Å². The molecule has 2 heterocycles. The molecule has 7 nitrogen and oxygen atoms in total. The number of hydrogen-bond acceptors (Lipinski definition) is 5. The van der Waals surface area contributed by atoms with Crippen molar-refractivity contribution in [1.82, 2.24) is 18.9 Å². The first-order valence-electron chi connectivity index (χ1n) is 10.8. The maximum Gasteiger partial charge on any atom is 0.279 e. The van der Waals surface area contributed by atoms with Crippen molar-refractivity contribution in [1.29, 1.82) is 0 Å². The topological polar surface area (TPSA) is 68.8 Å². The highest BCUT2D eigenvalue weighted by Crippen LogP contribution is 2.16. The Morgan fingerprint density at radius 3 is 2.21 bits per heavy atom. The van der Waals surface area contributed by atoms with E-state index < -0.39 is 10.2 Å². The lowest BCUT2D eigenvalue weighted by atomic mass is 10.1. The molecule has 1 aliphatic rings. The first-order valence-corrected chi connectivity index (χ1v) is 12.2. The van der Waals surface area contributed by atoms with Crippen molar-refractivity contribution in [2.75, 3.05) is 51.2 Å². The monoisotopic (exact) mass is 425 g/mol. The van der Waals surface area contributed by atoms with E-state index in [-0.39, 0.29) is 6.54 Å². The summed E-state index contributed by atoms with van der Waals surface area (Å²) >= 11 is 0. The van der Waals surface area contributed by atoms with Gasteiger partial charge >= 0.3 is 0 Å². The second-order valence-corrected chi connectivity index (χ2v) is 10.7. The number of anilines is 1. The second-order valence-electron chi connectivity index (χ2n) is 8.90. The van der Waals surface area contributed by atoms with Gasteiger partial charge in [0.1, 0.15) is 5.82 Å². The zero-order valence-corrected chi connectivity index (χ0v) is 19.6. The van der Waals surface area contributed by atoms with Gasteiger partial charge in [0.15, 0.2) is 0 Å². The Kier molecular flexibility index (Phi) is 9.33. The first-order chi connectivity index (χ1) is 13.7. The quantitative estimate of drug-likeness (QED) is 0.590. The molecule has 0 aromatic carbocycles. The van der Waals surface area contributed by atoms with Crippen molar-refractivity contribution in [2.24, 2.45) is 11.8 Å². The normalized spacial score (nSPS) is 16.3. The van der Waals surface area contributed by atoms with Crippen LogP contribution in [0, 0.1) is 11.8 Å². The third-order valence-corrected chi connectivity index (χ3v) is 6.90. The predicted molar refractivity (Wildman–Crippen MR) is 120 cm³/mol. The van der Waals surface area contributed by atoms with Gasteiger partial charge in [-0.25, -0.2) is 4.98 Å². The molecule has 2 rings (SSSR count). The van der Waals surface area contributed by atoms with Crippen LogP contribution in [0.4, 0.5) is 5.82 Å². The van der Waals surface area contributed by atoms with Gasteiger partial charge < -0.3 is 9.80 Å². The lowest BCUT2D eigenvalue weighted by molar-refractivity contribution is 0.312. The van der Waals surface area contributed by atoms with Crippen molar-refractivity contribution in [3.63, 3.8) is 0 Å². The number of likely N-dealkylation sites (N-methyl/N-ethyl adjacent to an activating group) is 1. The SMILES string of the molecule is CC(C)CCN(CCC(C)C)S(=O)(=O)NCc1ccnc(N2CCN(C)CC2)c1. The Balaban J connectivity index is 2.00. The van der Waals surface area contributed by atoms with E-state index in [0.717, 1.165) is 50.4 Å². The van der Waals surface area contributed by atoms with Gasteiger partial charge in [0.2, 0.25) is 0 Å². The summed E-state index contributed by atoms with van der Waals surface area (Å²) in [6, 6.07) is 3.88. The number of pyridine rings is 1. The maximum atomic E-state index is 12.9. The summed E-state index contributed by atoms with van der Waals surface area (Å²) in [4.78, 5) is 9.05. The van der Waals surface area contributed by atoms with Gasteiger partial charge in [0.25, 0.3) is 10.2 Å². The highest BCUT2D eigenvalue weighted by molar-refractivity contribution is 7.87. The minimum atomic E-state index is -3.51. The summed E-state index contributed by atoms with van der Waals surface area (Å²) in [5.74, 6) is 1.86. The van der Waals surface area contributed by atoms with Gasteiger partial charge in [0.05, 0.1) is 0 Å². The van der Waals surface area contributed by atoms with Crippen molar-refractivity contribution in [3.8, 4) is 0 Å². The average Bonchev–Trinajstić information content (AvgIpc) is 2.66. The predicted octanol–water partition coefficient (Wildman–Crippen LogP) is 2.56. The lowest BCUT2D eigenvalue weighted by Gasteiger charge is -2.33. The molecule has 1 saturated heterocycles. The number of nitrogens with one attached hydrogen (secondary N) is 1. The van der Waals surface area contributed by atoms with Gasteiger partial charge in [-0.1, -0.05) is 27.7 Å². The third-order valence-electron chi connectivity index (χ3n) is 5.35. The second kappa shape index (κ2) is 11.2. The smallest absolute Gasteiger partial charge is 0.279 e. The molecule has 1 fully saturated rings. The molecule has 0 unspecified atom stereocenters. The van der Waals surface area contributed by atoms with E-state index in [9.17, 15) is 8.42 Å². The van der Waals surface area contributed by atoms with Crippen LogP contribution in [0.25, 0.3) is 0 Å². The van der Waals surface area contributed by atoms with E-state index in [1.54, 1.807) is 10.5 Å². The Morgan fingerprint density at radius 2 is 1.66 bits per heavy atom. The van der Waals surface area contributed by atoms with Crippen LogP contribution in [-0.2, 0) is 16.8 Å². The number of rotatable bonds is 11. The van der Waals surface area contributed by atoms with Crippen molar-refractivity contribution >= 4 is 16.0 Å². The fraction of sp³-hybridized carbons (Fsp3) is 0.762. The molecule has 0 amide bonds. The van der Waals surface area contributed by atoms with Gasteiger partial charge in [-0.3, -0.25) is 0 Å². The molecule has 1 aromatic heterocycles. The van der Waals surface area contributed by atoms with E-state index >= 15 is 0 Å². The van der Waals surface area contributed by atoms with E-state index in [1.807, 2.05) is 12.1 Å². The molecule has 1 N–H and O–H groups in total. The highest BCUT2D eigenvalue weighted by Gasteiger charge is 2.22. The molecule has 0 saturated carbocycles. The summed E-state index contributed by atoms with van der Waals surface area (Å²) in [6.07, 6.45) is 3.50. The number of hydrogen-bond donors (Lipinski definition) is 1. The van der Waals surface area contributed by atoms with E-state index in [1.165, 1.54) is 0 Å². The summed E-state index contributed by atoms with van der Waals surface area (Å²) in [5.41, 5.74) is 0.935. The maximum absolute atomic E-state index is 12.9. The fourth-order valence-corrected chi connectivity index (χ4v) is 4.42. The van der Waals surface area contributed by atoms with E-state index in [0.29, 0.717) is 24.9 Å². The number of piperazine rings is 1. The molecule has 0 bridgehead atoms. The summed E-state index contributed by atoms with van der Waals surface area (Å²) in [6.45, 7) is 13.8. The van der Waals surface area contributed by atoms with Crippen LogP contribution in [0.2, 0.25) is 0 Å². The van der Waals surface area contributed by atoms with Crippen LogP contribution < -0.4 is 9.62 Å². The van der Waals surface area contributed by atoms with Crippen LogP contribution in [-0.4, -0.2) is 68.9 Å². The zero-order valence-electron chi connectivity index (χ0n) is 18.8. The highest BCUT2D eigenvalue weighted by atomic mass is 32.2. The zero-order chi connectivity index (χ0) is 21.4. The largest absolute Gasteiger partial charge is 0.354 e. The Morgan fingerprint density at radius 1 is 1.07 bits per heavy atom. The molecule has 0 aliphatic carbocycles. The van der Waals surface area contributed by atoms with Crippen molar-refractivity contribution in [2.45, 2.75) is 47.1 Å². The average molecular weight is 426 g/mol. The van der Waals surface area contributed by atoms with Gasteiger partial charge in [0, 0.05) is 52.0 Å². The molecule has 8 heteroatoms. The van der Waals surface area contributed by atoms with Crippen LogP contribution in [0.3, 0.4) is 0 Å². The van der Waals surface area contributed by atoms with Crippen LogP contribution in [0.1, 0.15) is 46.1 Å². The van der Waals surface area contributed by atoms with E-state index in [2.05, 4.69) is 54.2 Å². The molecule has 166 valence electrons. The number of aromatic nitrogens is 1. The lowest BCUT2D eigenvalue weighted by Crippen LogP contribution is -2.45. The van der Waals surface area contributed by atoms with Crippen LogP contribution >= 0.6 is 0 Å². The van der Waals surface area contributed by atoms with E-state index in [4.69, 9.17) is 0 Å². The molecule has 0 atom stereocenters. The van der Waals surface area contributed by atoms with Gasteiger partial charge in [-0.05, 0) is 49.4 Å².